The van der Waals surface area contributed by atoms with Crippen molar-refractivity contribution in [3.05, 3.63) is 52.8 Å². The van der Waals surface area contributed by atoms with Crippen molar-refractivity contribution in [2.45, 2.75) is 25.0 Å². The van der Waals surface area contributed by atoms with Crippen molar-refractivity contribution in [3.63, 3.8) is 0 Å². The molecule has 4 rings (SSSR count). The molecule has 2 N–H and O–H groups in total. The van der Waals surface area contributed by atoms with Crippen LogP contribution in [0.3, 0.4) is 0 Å². The fourth-order valence-corrected chi connectivity index (χ4v) is 5.23. The monoisotopic (exact) mass is 478 g/mol. The van der Waals surface area contributed by atoms with Gasteiger partial charge in [-0.3, -0.25) is 0 Å². The summed E-state index contributed by atoms with van der Waals surface area (Å²) < 4.78 is 39.9. The number of aromatic nitrogens is 2. The minimum Gasteiger partial charge on any atom is -0.454 e. The fraction of sp³-hybridized carbons (Fsp3) is 0.333. The zero-order valence-corrected chi connectivity index (χ0v) is 19.0. The lowest BCUT2D eigenvalue weighted by molar-refractivity contribution is 0.0460. The minimum atomic E-state index is -3.64. The molecule has 0 bridgehead atoms. The van der Waals surface area contributed by atoms with E-state index < -0.39 is 16.0 Å². The van der Waals surface area contributed by atoms with Crippen LogP contribution in [0.25, 0.3) is 11.0 Å². The van der Waals surface area contributed by atoms with Crippen molar-refractivity contribution in [2.75, 3.05) is 32.0 Å². The van der Waals surface area contributed by atoms with Crippen LogP contribution in [0.1, 0.15) is 23.1 Å². The van der Waals surface area contributed by atoms with Crippen molar-refractivity contribution >= 4 is 44.3 Å². The number of ether oxygens (including phenoxy) is 2. The Balaban J connectivity index is 1.60. The van der Waals surface area contributed by atoms with Gasteiger partial charge in [0.1, 0.15) is 12.4 Å². The lowest BCUT2D eigenvalue weighted by atomic mass is 10.2. The number of halogens is 1. The first-order chi connectivity index (χ1) is 15.3. The predicted molar refractivity (Wildman–Crippen MR) is 120 cm³/mol. The second-order valence-electron chi connectivity index (χ2n) is 7.25. The van der Waals surface area contributed by atoms with E-state index in [1.807, 2.05) is 11.5 Å². The zero-order valence-electron chi connectivity index (χ0n) is 17.5. The topological polar surface area (TPSA) is 117 Å². The third-order valence-electron chi connectivity index (χ3n) is 5.29. The summed E-state index contributed by atoms with van der Waals surface area (Å²) in [6, 6.07) is 9.42. The van der Waals surface area contributed by atoms with E-state index in [2.05, 4.69) is 4.98 Å². The van der Waals surface area contributed by atoms with Gasteiger partial charge in [-0.1, -0.05) is 11.6 Å². The molecule has 3 aromatic rings. The first kappa shape index (κ1) is 22.5. The maximum absolute atomic E-state index is 13.0. The SMILES string of the molecule is CCn1c(COC(=O)c2cc(Cl)ccc2N)nc2cc(S(=O)(=O)N3CCOCC3)ccc21. The molecule has 11 heteroatoms. The number of morpholine rings is 1. The number of hydrogen-bond donors (Lipinski definition) is 1. The molecular formula is C21H23ClN4O5S. The van der Waals surface area contributed by atoms with E-state index in [0.29, 0.717) is 49.2 Å². The summed E-state index contributed by atoms with van der Waals surface area (Å²) in [4.78, 5) is 17.2. The number of nitrogen functional groups attached to an aromatic ring is 1. The van der Waals surface area contributed by atoms with E-state index in [1.54, 1.807) is 24.3 Å². The van der Waals surface area contributed by atoms with E-state index in [1.165, 1.54) is 16.4 Å². The number of carbonyl (C=O) groups is 1. The molecule has 2 aromatic carbocycles. The Morgan fingerprint density at radius 2 is 1.97 bits per heavy atom. The van der Waals surface area contributed by atoms with Crippen LogP contribution in [0.15, 0.2) is 41.3 Å². The predicted octanol–water partition coefficient (Wildman–Crippen LogP) is 2.67. The summed E-state index contributed by atoms with van der Waals surface area (Å²) in [6.07, 6.45) is 0. The maximum Gasteiger partial charge on any atom is 0.340 e. The quantitative estimate of drug-likeness (QED) is 0.427. The van der Waals surface area contributed by atoms with Crippen LogP contribution in [0.4, 0.5) is 5.69 Å². The Bertz CT molecular complexity index is 1270. The maximum atomic E-state index is 13.0. The number of rotatable bonds is 6. The Morgan fingerprint density at radius 1 is 1.22 bits per heavy atom. The van der Waals surface area contributed by atoms with E-state index in [-0.39, 0.29) is 22.8 Å². The molecule has 1 aliphatic rings. The van der Waals surface area contributed by atoms with Gasteiger partial charge in [-0.25, -0.2) is 18.2 Å². The van der Waals surface area contributed by atoms with E-state index >= 15 is 0 Å². The first-order valence-corrected chi connectivity index (χ1v) is 11.9. The van der Waals surface area contributed by atoms with Gasteiger partial charge in [0, 0.05) is 30.3 Å². The number of carbonyl (C=O) groups excluding carboxylic acids is 1. The van der Waals surface area contributed by atoms with Gasteiger partial charge < -0.3 is 19.8 Å². The first-order valence-electron chi connectivity index (χ1n) is 10.1. The lowest BCUT2D eigenvalue weighted by Crippen LogP contribution is -2.40. The molecule has 1 fully saturated rings. The van der Waals surface area contributed by atoms with Gasteiger partial charge >= 0.3 is 5.97 Å². The number of nitrogens with two attached hydrogens (primary N) is 1. The second-order valence-corrected chi connectivity index (χ2v) is 9.62. The molecule has 0 aliphatic carbocycles. The average Bonchev–Trinajstić information content (AvgIpc) is 3.16. The van der Waals surface area contributed by atoms with Gasteiger partial charge in [-0.2, -0.15) is 4.31 Å². The van der Waals surface area contributed by atoms with Crippen molar-refractivity contribution in [1.29, 1.82) is 0 Å². The van der Waals surface area contributed by atoms with Crippen LogP contribution in [-0.4, -0.2) is 54.5 Å². The normalized spacial score (nSPS) is 15.2. The highest BCUT2D eigenvalue weighted by Crippen LogP contribution is 2.25. The molecule has 0 amide bonds. The van der Waals surface area contributed by atoms with E-state index in [0.717, 1.165) is 5.52 Å². The summed E-state index contributed by atoms with van der Waals surface area (Å²) in [7, 11) is -3.64. The molecule has 0 radical (unpaired) electrons. The van der Waals surface area contributed by atoms with Crippen LogP contribution >= 0.6 is 11.6 Å². The van der Waals surface area contributed by atoms with Crippen molar-refractivity contribution in [1.82, 2.24) is 13.9 Å². The molecule has 0 atom stereocenters. The van der Waals surface area contributed by atoms with Crippen LogP contribution in [0.5, 0.6) is 0 Å². The standard InChI is InChI=1S/C21H23ClN4O5S/c1-2-26-19-6-4-15(32(28,29)25-7-9-30-10-8-25)12-18(19)24-20(26)13-31-21(27)16-11-14(22)3-5-17(16)23/h3-6,11-12H,2,7-10,13,23H2,1H3. The second kappa shape index (κ2) is 9.07. The van der Waals surface area contributed by atoms with Gasteiger partial charge in [-0.05, 0) is 43.3 Å². The third kappa shape index (κ3) is 4.31. The summed E-state index contributed by atoms with van der Waals surface area (Å²) in [5.74, 6) is -0.118. The molecule has 1 saturated heterocycles. The Kier molecular flexibility index (Phi) is 6.38. The van der Waals surface area contributed by atoms with Gasteiger partial charge in [0.15, 0.2) is 0 Å². The smallest absolute Gasteiger partial charge is 0.340 e. The number of aryl methyl sites for hydroxylation is 1. The lowest BCUT2D eigenvalue weighted by Gasteiger charge is -2.26. The Hall–Kier alpha value is -2.66. The number of esters is 1. The molecule has 32 heavy (non-hydrogen) atoms. The van der Waals surface area contributed by atoms with Crippen molar-refractivity contribution in [2.24, 2.45) is 0 Å². The summed E-state index contributed by atoms with van der Waals surface area (Å²) >= 11 is 5.95. The number of sulfonamides is 1. The molecule has 9 nitrogen and oxygen atoms in total. The van der Waals surface area contributed by atoms with Crippen LogP contribution in [0, 0.1) is 0 Å². The zero-order chi connectivity index (χ0) is 22.9. The molecule has 1 aliphatic heterocycles. The largest absolute Gasteiger partial charge is 0.454 e. The number of hydrogen-bond acceptors (Lipinski definition) is 7. The molecule has 2 heterocycles. The summed E-state index contributed by atoms with van der Waals surface area (Å²) in [5, 5.41) is 0.376. The fourth-order valence-electron chi connectivity index (χ4n) is 3.63. The van der Waals surface area contributed by atoms with Gasteiger partial charge in [0.2, 0.25) is 10.0 Å². The Labute approximate surface area is 190 Å². The number of nitrogens with zero attached hydrogens (tertiary/aromatic N) is 3. The summed E-state index contributed by atoms with van der Waals surface area (Å²) in [5.41, 5.74) is 7.55. The number of benzene rings is 2. The molecule has 0 spiro atoms. The van der Waals surface area contributed by atoms with Gasteiger partial charge in [0.05, 0.1) is 34.7 Å². The highest BCUT2D eigenvalue weighted by molar-refractivity contribution is 7.89. The minimum absolute atomic E-state index is 0.0984. The van der Waals surface area contributed by atoms with Gasteiger partial charge in [0.25, 0.3) is 0 Å². The highest BCUT2D eigenvalue weighted by atomic mass is 35.5. The third-order valence-corrected chi connectivity index (χ3v) is 7.42. The van der Waals surface area contributed by atoms with Crippen LogP contribution < -0.4 is 5.73 Å². The molecule has 0 saturated carbocycles. The van der Waals surface area contributed by atoms with E-state index in [4.69, 9.17) is 26.8 Å². The summed E-state index contributed by atoms with van der Waals surface area (Å²) in [6.45, 7) is 3.78. The molecule has 170 valence electrons. The van der Waals surface area contributed by atoms with Crippen molar-refractivity contribution in [3.8, 4) is 0 Å². The highest BCUT2D eigenvalue weighted by Gasteiger charge is 2.27. The van der Waals surface area contributed by atoms with Crippen LogP contribution in [-0.2, 0) is 32.6 Å². The number of fused-ring (bicyclic) bond motifs is 1. The number of imidazole rings is 1. The Morgan fingerprint density at radius 3 is 2.69 bits per heavy atom. The van der Waals surface area contributed by atoms with Crippen LogP contribution in [0.2, 0.25) is 5.02 Å². The average molecular weight is 479 g/mol. The number of anilines is 1. The molecule has 0 unspecified atom stereocenters. The molecule has 1 aromatic heterocycles. The van der Waals surface area contributed by atoms with E-state index in [9.17, 15) is 13.2 Å². The van der Waals surface area contributed by atoms with Crippen molar-refractivity contribution < 1.29 is 22.7 Å². The molecular weight excluding hydrogens is 456 g/mol. The van der Waals surface area contributed by atoms with Gasteiger partial charge in [-0.15, -0.1) is 0 Å².